The Morgan fingerprint density at radius 1 is 1.40 bits per heavy atom. The first-order valence-corrected chi connectivity index (χ1v) is 6.49. The first-order valence-electron chi connectivity index (χ1n) is 6.49. The summed E-state index contributed by atoms with van der Waals surface area (Å²) in [5.74, 6) is 0.174. The van der Waals surface area contributed by atoms with Gasteiger partial charge >= 0.3 is 6.18 Å². The highest BCUT2D eigenvalue weighted by Crippen LogP contribution is 2.32. The van der Waals surface area contributed by atoms with Crippen molar-refractivity contribution < 1.29 is 18.0 Å². The van der Waals surface area contributed by atoms with E-state index in [1.807, 2.05) is 13.8 Å². The van der Waals surface area contributed by atoms with Crippen LogP contribution in [0.3, 0.4) is 0 Å². The molecule has 110 valence electrons. The van der Waals surface area contributed by atoms with Gasteiger partial charge in [0.1, 0.15) is 6.17 Å². The summed E-state index contributed by atoms with van der Waals surface area (Å²) >= 11 is 0. The summed E-state index contributed by atoms with van der Waals surface area (Å²) in [5, 5.41) is 2.97. The van der Waals surface area contributed by atoms with Crippen LogP contribution in [0.4, 0.5) is 13.2 Å². The molecule has 1 N–H and O–H groups in total. The van der Waals surface area contributed by atoms with E-state index in [1.54, 1.807) is 11.0 Å². The molecule has 0 aromatic heterocycles. The molecule has 3 nitrogen and oxygen atoms in total. The average Bonchev–Trinajstić information content (AvgIpc) is 2.70. The van der Waals surface area contributed by atoms with E-state index in [4.69, 9.17) is 0 Å². The molecule has 1 heterocycles. The topological polar surface area (TPSA) is 32.3 Å². The fourth-order valence-electron chi connectivity index (χ4n) is 2.32. The van der Waals surface area contributed by atoms with Crippen molar-refractivity contribution in [3.63, 3.8) is 0 Å². The molecule has 0 bridgehead atoms. The highest BCUT2D eigenvalue weighted by molar-refractivity contribution is 5.81. The molecule has 2 rings (SSSR count). The Bertz CT molecular complexity index is 499. The molecule has 0 radical (unpaired) electrons. The fourth-order valence-corrected chi connectivity index (χ4v) is 2.32. The van der Waals surface area contributed by atoms with Crippen molar-refractivity contribution >= 4 is 5.91 Å². The van der Waals surface area contributed by atoms with E-state index in [1.165, 1.54) is 6.07 Å². The summed E-state index contributed by atoms with van der Waals surface area (Å²) in [6, 6.07) is 5.12. The molecule has 0 aliphatic carbocycles. The minimum absolute atomic E-state index is 0.0823. The zero-order chi connectivity index (χ0) is 14.9. The SMILES string of the molecule is CC(C)CN1C(=O)CNC1c1cccc(C(F)(F)F)c1. The molecule has 1 fully saturated rings. The number of halogens is 3. The van der Waals surface area contributed by atoms with Crippen molar-refractivity contribution in [2.75, 3.05) is 13.1 Å². The highest BCUT2D eigenvalue weighted by Gasteiger charge is 2.35. The minimum Gasteiger partial charge on any atom is -0.322 e. The van der Waals surface area contributed by atoms with Gasteiger partial charge in [0, 0.05) is 6.54 Å². The van der Waals surface area contributed by atoms with E-state index in [2.05, 4.69) is 5.32 Å². The van der Waals surface area contributed by atoms with E-state index < -0.39 is 17.9 Å². The summed E-state index contributed by atoms with van der Waals surface area (Å²) < 4.78 is 38.2. The van der Waals surface area contributed by atoms with Crippen LogP contribution in [0, 0.1) is 5.92 Å². The van der Waals surface area contributed by atoms with Gasteiger partial charge < -0.3 is 4.90 Å². The average molecular weight is 286 g/mol. The first-order chi connectivity index (χ1) is 9.29. The molecule has 0 spiro atoms. The third-order valence-electron chi connectivity index (χ3n) is 3.17. The first kappa shape index (κ1) is 14.8. The van der Waals surface area contributed by atoms with Gasteiger partial charge in [0.05, 0.1) is 12.1 Å². The molecule has 1 saturated heterocycles. The number of hydrogen-bond donors (Lipinski definition) is 1. The maximum Gasteiger partial charge on any atom is 0.416 e. The Morgan fingerprint density at radius 3 is 2.70 bits per heavy atom. The van der Waals surface area contributed by atoms with Crippen LogP contribution in [0.25, 0.3) is 0 Å². The Hall–Kier alpha value is -1.56. The number of hydrogen-bond acceptors (Lipinski definition) is 2. The molecule has 1 unspecified atom stereocenters. The van der Waals surface area contributed by atoms with E-state index in [0.717, 1.165) is 12.1 Å². The van der Waals surface area contributed by atoms with E-state index in [-0.39, 0.29) is 18.4 Å². The third-order valence-corrected chi connectivity index (χ3v) is 3.17. The second-order valence-corrected chi connectivity index (χ2v) is 5.35. The molecule has 20 heavy (non-hydrogen) atoms. The van der Waals surface area contributed by atoms with Crippen LogP contribution < -0.4 is 5.32 Å². The standard InChI is InChI=1S/C14H17F3N2O/c1-9(2)8-19-12(20)7-18-13(19)10-4-3-5-11(6-10)14(15,16)17/h3-6,9,13,18H,7-8H2,1-2H3. The molecule has 0 saturated carbocycles. The second-order valence-electron chi connectivity index (χ2n) is 5.35. The van der Waals surface area contributed by atoms with E-state index in [9.17, 15) is 18.0 Å². The van der Waals surface area contributed by atoms with Crippen molar-refractivity contribution in [1.29, 1.82) is 0 Å². The van der Waals surface area contributed by atoms with Gasteiger partial charge in [-0.05, 0) is 23.6 Å². The molecular formula is C14H17F3N2O. The van der Waals surface area contributed by atoms with Crippen LogP contribution >= 0.6 is 0 Å². The Kier molecular flexibility index (Phi) is 4.04. The van der Waals surface area contributed by atoms with Crippen LogP contribution in [-0.4, -0.2) is 23.9 Å². The second kappa shape index (κ2) is 5.44. The Labute approximate surface area is 115 Å². The Morgan fingerprint density at radius 2 is 2.10 bits per heavy atom. The van der Waals surface area contributed by atoms with E-state index >= 15 is 0 Å². The zero-order valence-corrected chi connectivity index (χ0v) is 11.4. The number of nitrogens with zero attached hydrogens (tertiary/aromatic N) is 1. The van der Waals surface area contributed by atoms with Crippen LogP contribution in [0.2, 0.25) is 0 Å². The molecule has 1 aliphatic rings. The van der Waals surface area contributed by atoms with Crippen molar-refractivity contribution in [2.45, 2.75) is 26.2 Å². The normalized spacial score (nSPS) is 20.0. The lowest BCUT2D eigenvalue weighted by Gasteiger charge is -2.26. The molecule has 1 atom stereocenters. The maximum atomic E-state index is 12.7. The van der Waals surface area contributed by atoms with Crippen LogP contribution in [0.1, 0.15) is 31.1 Å². The summed E-state index contributed by atoms with van der Waals surface area (Å²) in [6.45, 7) is 4.62. The smallest absolute Gasteiger partial charge is 0.322 e. The number of nitrogens with one attached hydrogen (secondary N) is 1. The van der Waals surface area contributed by atoms with Crippen molar-refractivity contribution in [3.8, 4) is 0 Å². The monoisotopic (exact) mass is 286 g/mol. The van der Waals surface area contributed by atoms with Gasteiger partial charge in [-0.25, -0.2) is 0 Å². The summed E-state index contributed by atoms with van der Waals surface area (Å²) in [4.78, 5) is 13.4. The lowest BCUT2D eigenvalue weighted by Crippen LogP contribution is -2.33. The van der Waals surface area contributed by atoms with E-state index in [0.29, 0.717) is 12.1 Å². The zero-order valence-electron chi connectivity index (χ0n) is 11.4. The molecule has 1 aromatic carbocycles. The Balaban J connectivity index is 2.28. The van der Waals surface area contributed by atoms with Gasteiger partial charge in [-0.1, -0.05) is 26.0 Å². The number of alkyl halides is 3. The predicted molar refractivity (Wildman–Crippen MR) is 68.7 cm³/mol. The van der Waals surface area contributed by atoms with Gasteiger partial charge in [-0.2, -0.15) is 13.2 Å². The van der Waals surface area contributed by atoms with Crippen LogP contribution in [0.5, 0.6) is 0 Å². The van der Waals surface area contributed by atoms with Gasteiger partial charge in [-0.15, -0.1) is 0 Å². The largest absolute Gasteiger partial charge is 0.416 e. The maximum absolute atomic E-state index is 12.7. The van der Waals surface area contributed by atoms with Gasteiger partial charge in [-0.3, -0.25) is 10.1 Å². The number of rotatable bonds is 3. The summed E-state index contributed by atoms with van der Waals surface area (Å²) in [6.07, 6.45) is -4.85. The van der Waals surface area contributed by atoms with Gasteiger partial charge in [0.2, 0.25) is 5.91 Å². The highest BCUT2D eigenvalue weighted by atomic mass is 19.4. The summed E-state index contributed by atoms with van der Waals surface area (Å²) in [7, 11) is 0. The predicted octanol–water partition coefficient (Wildman–Crippen LogP) is 2.79. The molecule has 1 aliphatic heterocycles. The third kappa shape index (κ3) is 3.12. The van der Waals surface area contributed by atoms with Crippen molar-refractivity contribution in [1.82, 2.24) is 10.2 Å². The molecular weight excluding hydrogens is 269 g/mol. The lowest BCUT2D eigenvalue weighted by atomic mass is 10.1. The fraction of sp³-hybridized carbons (Fsp3) is 0.500. The minimum atomic E-state index is -4.37. The van der Waals surface area contributed by atoms with Crippen molar-refractivity contribution in [2.24, 2.45) is 5.92 Å². The van der Waals surface area contributed by atoms with Gasteiger partial charge in [0.15, 0.2) is 0 Å². The van der Waals surface area contributed by atoms with Crippen LogP contribution in [-0.2, 0) is 11.0 Å². The summed E-state index contributed by atoms with van der Waals surface area (Å²) in [5.41, 5.74) is -0.230. The number of amides is 1. The van der Waals surface area contributed by atoms with Crippen LogP contribution in [0.15, 0.2) is 24.3 Å². The van der Waals surface area contributed by atoms with Gasteiger partial charge in [0.25, 0.3) is 0 Å². The lowest BCUT2D eigenvalue weighted by molar-refractivity contribution is -0.137. The number of carbonyl (C=O) groups excluding carboxylic acids is 1. The molecule has 6 heteroatoms. The number of carbonyl (C=O) groups is 1. The molecule has 1 amide bonds. The van der Waals surface area contributed by atoms with Crippen molar-refractivity contribution in [3.05, 3.63) is 35.4 Å². The quantitative estimate of drug-likeness (QED) is 0.926. The number of benzene rings is 1. The molecule has 1 aromatic rings.